The number of anilines is 1. The normalized spacial score (nSPS) is 10.9. The van der Waals surface area contributed by atoms with E-state index in [2.05, 4.69) is 26.8 Å². The molecule has 0 aliphatic heterocycles. The van der Waals surface area contributed by atoms with Gasteiger partial charge in [-0.15, -0.1) is 0 Å². The number of nitrogens with two attached hydrogens (primary N) is 1. The molecule has 0 saturated heterocycles. The zero-order chi connectivity index (χ0) is 14.8. The topological polar surface area (TPSA) is 59.0 Å². The average molecular weight is 266 g/mol. The second-order valence-electron chi connectivity index (χ2n) is 5.71. The van der Waals surface area contributed by atoms with Gasteiger partial charge in [-0.1, -0.05) is 39.0 Å². The summed E-state index contributed by atoms with van der Waals surface area (Å²) in [6.45, 7) is 6.39. The summed E-state index contributed by atoms with van der Waals surface area (Å²) in [5, 5.41) is 8.96. The molecule has 2 rings (SSSR count). The molecular formula is C17H18N2O. The maximum absolute atomic E-state index is 8.96. The lowest BCUT2D eigenvalue weighted by Gasteiger charge is -2.22. The summed E-state index contributed by atoms with van der Waals surface area (Å²) in [6, 6.07) is 15.0. The van der Waals surface area contributed by atoms with Crippen LogP contribution in [-0.2, 0) is 5.41 Å². The highest BCUT2D eigenvalue weighted by molar-refractivity contribution is 5.58. The smallest absolute Gasteiger partial charge is 0.151 e. The maximum Gasteiger partial charge on any atom is 0.151 e. The van der Waals surface area contributed by atoms with Crippen molar-refractivity contribution in [1.82, 2.24) is 0 Å². The van der Waals surface area contributed by atoms with E-state index in [0.717, 1.165) is 11.3 Å². The molecule has 3 heteroatoms. The number of ether oxygens (including phenoxy) is 1. The minimum atomic E-state index is -0.0296. The van der Waals surface area contributed by atoms with Crippen LogP contribution >= 0.6 is 0 Å². The van der Waals surface area contributed by atoms with E-state index in [1.807, 2.05) is 24.3 Å². The number of nitriles is 1. The molecule has 0 aliphatic carbocycles. The molecule has 0 saturated carbocycles. The predicted octanol–water partition coefficient (Wildman–Crippen LogP) is 4.23. The van der Waals surface area contributed by atoms with Crippen molar-refractivity contribution < 1.29 is 4.74 Å². The Balaban J connectivity index is 2.44. The predicted molar refractivity (Wildman–Crippen MR) is 80.8 cm³/mol. The SMILES string of the molecule is CC(C)(C)c1ccccc1Oc1cc(C#N)ccc1N. The first-order valence-electron chi connectivity index (χ1n) is 6.49. The fraction of sp³-hybridized carbons (Fsp3) is 0.235. The van der Waals surface area contributed by atoms with Crippen LogP contribution in [0.1, 0.15) is 31.9 Å². The lowest BCUT2D eigenvalue weighted by molar-refractivity contribution is 0.457. The molecule has 0 atom stereocenters. The Morgan fingerprint density at radius 2 is 1.75 bits per heavy atom. The zero-order valence-electron chi connectivity index (χ0n) is 12.0. The Labute approximate surface area is 119 Å². The van der Waals surface area contributed by atoms with Crippen LogP contribution in [0.25, 0.3) is 0 Å². The van der Waals surface area contributed by atoms with Crippen LogP contribution in [0, 0.1) is 11.3 Å². The molecule has 3 nitrogen and oxygen atoms in total. The van der Waals surface area contributed by atoms with Crippen molar-refractivity contribution in [3.63, 3.8) is 0 Å². The van der Waals surface area contributed by atoms with Crippen molar-refractivity contribution >= 4 is 5.69 Å². The third-order valence-corrected chi connectivity index (χ3v) is 3.06. The Kier molecular flexibility index (Phi) is 3.67. The van der Waals surface area contributed by atoms with Gasteiger partial charge < -0.3 is 10.5 Å². The van der Waals surface area contributed by atoms with Crippen molar-refractivity contribution in [3.05, 3.63) is 53.6 Å². The molecule has 0 aliphatic rings. The van der Waals surface area contributed by atoms with E-state index in [4.69, 9.17) is 15.7 Å². The van der Waals surface area contributed by atoms with E-state index in [0.29, 0.717) is 17.0 Å². The highest BCUT2D eigenvalue weighted by Gasteiger charge is 2.19. The molecule has 0 unspecified atom stereocenters. The van der Waals surface area contributed by atoms with Gasteiger partial charge in [0.25, 0.3) is 0 Å². The fourth-order valence-electron chi connectivity index (χ4n) is 1.99. The monoisotopic (exact) mass is 266 g/mol. The fourth-order valence-corrected chi connectivity index (χ4v) is 1.99. The maximum atomic E-state index is 8.96. The first kappa shape index (κ1) is 14.0. The van der Waals surface area contributed by atoms with E-state index in [1.54, 1.807) is 18.2 Å². The second kappa shape index (κ2) is 5.26. The van der Waals surface area contributed by atoms with Crippen LogP contribution in [0.2, 0.25) is 0 Å². The lowest BCUT2D eigenvalue weighted by atomic mass is 9.86. The summed E-state index contributed by atoms with van der Waals surface area (Å²) < 4.78 is 5.93. The minimum absolute atomic E-state index is 0.0296. The van der Waals surface area contributed by atoms with E-state index >= 15 is 0 Å². The summed E-state index contributed by atoms with van der Waals surface area (Å²) in [6.07, 6.45) is 0. The van der Waals surface area contributed by atoms with Gasteiger partial charge in [-0.05, 0) is 23.6 Å². The molecule has 20 heavy (non-hydrogen) atoms. The van der Waals surface area contributed by atoms with Gasteiger partial charge in [0.05, 0.1) is 17.3 Å². The second-order valence-corrected chi connectivity index (χ2v) is 5.71. The van der Waals surface area contributed by atoms with Crippen LogP contribution in [0.5, 0.6) is 11.5 Å². The van der Waals surface area contributed by atoms with Gasteiger partial charge in [0, 0.05) is 11.6 Å². The van der Waals surface area contributed by atoms with Crippen molar-refractivity contribution in [1.29, 1.82) is 5.26 Å². The summed E-state index contributed by atoms with van der Waals surface area (Å²) >= 11 is 0. The molecule has 0 radical (unpaired) electrons. The summed E-state index contributed by atoms with van der Waals surface area (Å²) in [4.78, 5) is 0. The van der Waals surface area contributed by atoms with Crippen LogP contribution in [0.4, 0.5) is 5.69 Å². The van der Waals surface area contributed by atoms with Crippen LogP contribution in [0.15, 0.2) is 42.5 Å². The lowest BCUT2D eigenvalue weighted by Crippen LogP contribution is -2.12. The summed E-state index contributed by atoms with van der Waals surface area (Å²) in [5.41, 5.74) is 8.04. The van der Waals surface area contributed by atoms with Gasteiger partial charge in [0.15, 0.2) is 5.75 Å². The Morgan fingerprint density at radius 1 is 1.05 bits per heavy atom. The van der Waals surface area contributed by atoms with E-state index in [1.165, 1.54) is 0 Å². The minimum Gasteiger partial charge on any atom is -0.455 e. The molecule has 0 bridgehead atoms. The molecular weight excluding hydrogens is 248 g/mol. The van der Waals surface area contributed by atoms with E-state index in [9.17, 15) is 0 Å². The van der Waals surface area contributed by atoms with Gasteiger partial charge in [-0.3, -0.25) is 0 Å². The molecule has 0 fully saturated rings. The highest BCUT2D eigenvalue weighted by atomic mass is 16.5. The van der Waals surface area contributed by atoms with Gasteiger partial charge in [0.2, 0.25) is 0 Å². The largest absolute Gasteiger partial charge is 0.455 e. The Hall–Kier alpha value is -2.47. The van der Waals surface area contributed by atoms with Gasteiger partial charge in [-0.2, -0.15) is 5.26 Å². The van der Waals surface area contributed by atoms with Gasteiger partial charge >= 0.3 is 0 Å². The third-order valence-electron chi connectivity index (χ3n) is 3.06. The van der Waals surface area contributed by atoms with E-state index in [-0.39, 0.29) is 5.41 Å². The standard InChI is InChI=1S/C17H18N2O/c1-17(2,3)13-6-4-5-7-15(13)20-16-10-12(11-18)8-9-14(16)19/h4-10H,19H2,1-3H3. The highest BCUT2D eigenvalue weighted by Crippen LogP contribution is 2.36. The van der Waals surface area contributed by atoms with Crippen molar-refractivity contribution in [3.8, 4) is 17.6 Å². The van der Waals surface area contributed by atoms with Gasteiger partial charge in [-0.25, -0.2) is 0 Å². The number of hydrogen-bond acceptors (Lipinski definition) is 3. The first-order valence-corrected chi connectivity index (χ1v) is 6.49. The van der Waals surface area contributed by atoms with Crippen LogP contribution < -0.4 is 10.5 Å². The number of hydrogen-bond donors (Lipinski definition) is 1. The molecule has 0 aromatic heterocycles. The Morgan fingerprint density at radius 3 is 2.40 bits per heavy atom. The quantitative estimate of drug-likeness (QED) is 0.827. The molecule has 2 aromatic carbocycles. The summed E-state index contributed by atoms with van der Waals surface area (Å²) in [7, 11) is 0. The van der Waals surface area contributed by atoms with Crippen molar-refractivity contribution in [2.24, 2.45) is 0 Å². The van der Waals surface area contributed by atoms with E-state index < -0.39 is 0 Å². The average Bonchev–Trinajstić information content (AvgIpc) is 2.41. The number of nitrogens with zero attached hydrogens (tertiary/aromatic N) is 1. The number of benzene rings is 2. The molecule has 102 valence electrons. The first-order chi connectivity index (χ1) is 9.41. The zero-order valence-corrected chi connectivity index (χ0v) is 12.0. The molecule has 2 N–H and O–H groups in total. The molecule has 0 spiro atoms. The number of nitrogen functional groups attached to an aromatic ring is 1. The molecule has 2 aromatic rings. The Bertz CT molecular complexity index is 663. The van der Waals surface area contributed by atoms with Crippen LogP contribution in [0.3, 0.4) is 0 Å². The molecule has 0 heterocycles. The van der Waals surface area contributed by atoms with Crippen molar-refractivity contribution in [2.45, 2.75) is 26.2 Å². The van der Waals surface area contributed by atoms with Crippen LogP contribution in [-0.4, -0.2) is 0 Å². The summed E-state index contributed by atoms with van der Waals surface area (Å²) in [5.74, 6) is 1.28. The van der Waals surface area contributed by atoms with Crippen molar-refractivity contribution in [2.75, 3.05) is 5.73 Å². The third kappa shape index (κ3) is 2.92. The number of para-hydroxylation sites is 1. The van der Waals surface area contributed by atoms with Gasteiger partial charge in [0.1, 0.15) is 5.75 Å². The molecule has 0 amide bonds. The number of rotatable bonds is 2.